The van der Waals surface area contributed by atoms with Crippen LogP contribution in [0.5, 0.6) is 0 Å². The molecular formula is C10H16ClNOS. The maximum Gasteiger partial charge on any atom is 0.264 e. The lowest BCUT2D eigenvalue weighted by atomic mass is 10.3. The molecule has 0 fully saturated rings. The molecular weight excluding hydrogens is 218 g/mol. The van der Waals surface area contributed by atoms with Gasteiger partial charge in [0.15, 0.2) is 0 Å². The van der Waals surface area contributed by atoms with Gasteiger partial charge in [-0.25, -0.2) is 0 Å². The molecule has 0 saturated carbocycles. The SMILES string of the molecule is CCCCn1sc2c(c1=O)CCC2.Cl. The molecule has 1 aliphatic carbocycles. The van der Waals surface area contributed by atoms with Crippen molar-refractivity contribution in [1.29, 1.82) is 0 Å². The van der Waals surface area contributed by atoms with Crippen LogP contribution in [-0.2, 0) is 19.4 Å². The molecule has 2 rings (SSSR count). The molecule has 0 aliphatic heterocycles. The highest BCUT2D eigenvalue weighted by molar-refractivity contribution is 7.06. The van der Waals surface area contributed by atoms with Crippen molar-refractivity contribution in [2.24, 2.45) is 0 Å². The molecule has 1 aliphatic rings. The summed E-state index contributed by atoms with van der Waals surface area (Å²) < 4.78 is 1.94. The van der Waals surface area contributed by atoms with Crippen LogP contribution in [0.3, 0.4) is 0 Å². The van der Waals surface area contributed by atoms with Crippen LogP contribution in [0.15, 0.2) is 4.79 Å². The van der Waals surface area contributed by atoms with Gasteiger partial charge in [0.05, 0.1) is 0 Å². The van der Waals surface area contributed by atoms with Gasteiger partial charge in [-0.15, -0.1) is 12.4 Å². The zero-order chi connectivity index (χ0) is 9.26. The molecule has 1 aromatic heterocycles. The summed E-state index contributed by atoms with van der Waals surface area (Å²) in [5.41, 5.74) is 1.41. The van der Waals surface area contributed by atoms with Gasteiger partial charge in [-0.2, -0.15) is 0 Å². The van der Waals surface area contributed by atoms with E-state index in [1.807, 2.05) is 3.96 Å². The summed E-state index contributed by atoms with van der Waals surface area (Å²) in [6, 6.07) is 0. The fourth-order valence-electron chi connectivity index (χ4n) is 1.82. The standard InChI is InChI=1S/C10H15NOS.ClH/c1-2-3-7-11-10(12)8-5-4-6-9(8)13-11;/h2-7H2,1H3;1H. The van der Waals surface area contributed by atoms with E-state index in [2.05, 4.69) is 6.92 Å². The number of nitrogens with zero attached hydrogens (tertiary/aromatic N) is 1. The Morgan fingerprint density at radius 2 is 2.21 bits per heavy atom. The molecule has 1 aromatic rings. The predicted octanol–water partition coefficient (Wildman–Crippen LogP) is 2.62. The monoisotopic (exact) mass is 233 g/mol. The van der Waals surface area contributed by atoms with Crippen molar-refractivity contribution in [3.8, 4) is 0 Å². The smallest absolute Gasteiger partial charge is 0.264 e. The van der Waals surface area contributed by atoms with Crippen LogP contribution < -0.4 is 5.56 Å². The third kappa shape index (κ3) is 2.04. The molecule has 2 nitrogen and oxygen atoms in total. The number of rotatable bonds is 3. The Labute approximate surface area is 94.5 Å². The number of hydrogen-bond acceptors (Lipinski definition) is 2. The molecule has 0 radical (unpaired) electrons. The number of aryl methyl sites for hydroxylation is 2. The zero-order valence-corrected chi connectivity index (χ0v) is 10.0. The fraction of sp³-hybridized carbons (Fsp3) is 0.700. The lowest BCUT2D eigenvalue weighted by Crippen LogP contribution is -2.16. The van der Waals surface area contributed by atoms with Crippen molar-refractivity contribution in [1.82, 2.24) is 3.96 Å². The second-order valence-electron chi connectivity index (χ2n) is 3.61. The van der Waals surface area contributed by atoms with E-state index in [9.17, 15) is 4.79 Å². The van der Waals surface area contributed by atoms with Gasteiger partial charge >= 0.3 is 0 Å². The Kier molecular flexibility index (Phi) is 4.20. The highest BCUT2D eigenvalue weighted by Crippen LogP contribution is 2.23. The first-order valence-electron chi connectivity index (χ1n) is 5.04. The number of hydrogen-bond donors (Lipinski definition) is 0. The molecule has 4 heteroatoms. The minimum absolute atomic E-state index is 0. The van der Waals surface area contributed by atoms with Gasteiger partial charge in [-0.05, 0) is 25.7 Å². The van der Waals surface area contributed by atoms with Crippen molar-refractivity contribution < 1.29 is 0 Å². The van der Waals surface area contributed by atoms with E-state index in [-0.39, 0.29) is 12.4 Å². The summed E-state index contributed by atoms with van der Waals surface area (Å²) in [7, 11) is 0. The summed E-state index contributed by atoms with van der Waals surface area (Å²) in [4.78, 5) is 13.1. The molecule has 0 amide bonds. The first-order chi connectivity index (χ1) is 6.33. The van der Waals surface area contributed by atoms with Crippen LogP contribution in [0.2, 0.25) is 0 Å². The largest absolute Gasteiger partial charge is 0.268 e. The highest BCUT2D eigenvalue weighted by atomic mass is 35.5. The lowest BCUT2D eigenvalue weighted by Gasteiger charge is -1.97. The topological polar surface area (TPSA) is 22.0 Å². The van der Waals surface area contributed by atoms with Crippen molar-refractivity contribution in [2.45, 2.75) is 45.6 Å². The first kappa shape index (κ1) is 11.8. The summed E-state index contributed by atoms with van der Waals surface area (Å²) in [5, 5.41) is 0. The van der Waals surface area contributed by atoms with Crippen LogP contribution in [-0.4, -0.2) is 3.96 Å². The van der Waals surface area contributed by atoms with Crippen molar-refractivity contribution in [3.63, 3.8) is 0 Å². The van der Waals surface area contributed by atoms with Gasteiger partial charge in [0.25, 0.3) is 5.56 Å². The Hall–Kier alpha value is -0.280. The van der Waals surface area contributed by atoms with Gasteiger partial charge in [0.1, 0.15) is 0 Å². The van der Waals surface area contributed by atoms with Gasteiger partial charge in [0.2, 0.25) is 0 Å². The van der Waals surface area contributed by atoms with Crippen LogP contribution >= 0.6 is 23.9 Å². The quantitative estimate of drug-likeness (QED) is 0.787. The molecule has 14 heavy (non-hydrogen) atoms. The molecule has 0 bridgehead atoms. The Balaban J connectivity index is 0.000000980. The minimum atomic E-state index is 0. The Morgan fingerprint density at radius 3 is 2.86 bits per heavy atom. The number of aromatic nitrogens is 1. The van der Waals surface area contributed by atoms with E-state index >= 15 is 0 Å². The molecule has 0 aromatic carbocycles. The van der Waals surface area contributed by atoms with Gasteiger partial charge in [-0.3, -0.25) is 8.75 Å². The van der Waals surface area contributed by atoms with Gasteiger partial charge < -0.3 is 0 Å². The molecule has 80 valence electrons. The van der Waals surface area contributed by atoms with Crippen molar-refractivity contribution in [3.05, 3.63) is 20.8 Å². The molecule has 0 saturated heterocycles. The molecule has 0 N–H and O–H groups in total. The predicted molar refractivity (Wildman–Crippen MR) is 62.8 cm³/mol. The van der Waals surface area contributed by atoms with Crippen LogP contribution in [0.1, 0.15) is 36.6 Å². The second kappa shape index (κ2) is 4.99. The van der Waals surface area contributed by atoms with E-state index in [4.69, 9.17) is 0 Å². The molecule has 0 spiro atoms. The van der Waals surface area contributed by atoms with E-state index in [0.717, 1.165) is 37.8 Å². The Morgan fingerprint density at radius 1 is 1.43 bits per heavy atom. The summed E-state index contributed by atoms with van der Waals surface area (Å²) in [6.07, 6.45) is 5.62. The van der Waals surface area contributed by atoms with Gasteiger partial charge in [0, 0.05) is 17.0 Å². The van der Waals surface area contributed by atoms with E-state index in [1.54, 1.807) is 11.5 Å². The van der Waals surface area contributed by atoms with E-state index in [1.165, 1.54) is 11.3 Å². The normalized spacial score (nSPS) is 13.8. The maximum atomic E-state index is 11.7. The minimum Gasteiger partial charge on any atom is -0.268 e. The maximum absolute atomic E-state index is 11.7. The third-order valence-electron chi connectivity index (χ3n) is 2.59. The van der Waals surface area contributed by atoms with Crippen LogP contribution in [0.4, 0.5) is 0 Å². The number of halogens is 1. The summed E-state index contributed by atoms with van der Waals surface area (Å²) in [5.74, 6) is 0. The zero-order valence-electron chi connectivity index (χ0n) is 8.41. The first-order valence-corrected chi connectivity index (χ1v) is 5.82. The lowest BCUT2D eigenvalue weighted by molar-refractivity contribution is 0.654. The average molecular weight is 234 g/mol. The average Bonchev–Trinajstić information content (AvgIpc) is 2.67. The summed E-state index contributed by atoms with van der Waals surface area (Å²) >= 11 is 1.69. The molecule has 0 atom stereocenters. The van der Waals surface area contributed by atoms with Crippen LogP contribution in [0, 0.1) is 0 Å². The highest BCUT2D eigenvalue weighted by Gasteiger charge is 2.19. The van der Waals surface area contributed by atoms with Crippen molar-refractivity contribution in [2.75, 3.05) is 0 Å². The summed E-state index contributed by atoms with van der Waals surface area (Å²) in [6.45, 7) is 3.08. The molecule has 1 heterocycles. The van der Waals surface area contributed by atoms with E-state index < -0.39 is 0 Å². The second-order valence-corrected chi connectivity index (χ2v) is 4.72. The fourth-order valence-corrected chi connectivity index (χ4v) is 3.03. The van der Waals surface area contributed by atoms with Gasteiger partial charge in [-0.1, -0.05) is 24.9 Å². The number of fused-ring (bicyclic) bond motifs is 1. The third-order valence-corrected chi connectivity index (χ3v) is 3.83. The molecule has 0 unspecified atom stereocenters. The van der Waals surface area contributed by atoms with E-state index in [0.29, 0.717) is 5.56 Å². The van der Waals surface area contributed by atoms with Crippen LogP contribution in [0.25, 0.3) is 0 Å². The number of unbranched alkanes of at least 4 members (excludes halogenated alkanes) is 1. The van der Waals surface area contributed by atoms with Crippen molar-refractivity contribution >= 4 is 23.9 Å². The Bertz CT molecular complexity index is 355.